The van der Waals surface area contributed by atoms with Crippen molar-refractivity contribution in [2.45, 2.75) is 46.5 Å². The highest BCUT2D eigenvalue weighted by Crippen LogP contribution is 2.04. The number of hydrogen-bond donors (Lipinski definition) is 0. The van der Waals surface area contributed by atoms with Gasteiger partial charge in [-0.1, -0.05) is 26.7 Å². The van der Waals surface area contributed by atoms with Gasteiger partial charge in [-0.05, 0) is 40.4 Å². The van der Waals surface area contributed by atoms with Crippen LogP contribution in [0, 0.1) is 0 Å². The molecule has 0 saturated carbocycles. The third-order valence-corrected chi connectivity index (χ3v) is 4.02. The van der Waals surface area contributed by atoms with Crippen LogP contribution in [0.1, 0.15) is 46.5 Å². The molecule has 0 unspecified atom stereocenters. The van der Waals surface area contributed by atoms with Gasteiger partial charge in [0, 0.05) is 33.2 Å². The topological polar surface area (TPSA) is 30.0 Å². The SMILES string of the molecule is CCCC.CCN(C)C(=O)N1CCCCN(C)CN(C)CC1. The van der Waals surface area contributed by atoms with E-state index < -0.39 is 0 Å². The number of carbonyl (C=O) groups excluding carboxylic acids is 1. The normalized spacial score (nSPS) is 18.4. The van der Waals surface area contributed by atoms with Crippen LogP contribution in [0.25, 0.3) is 0 Å². The van der Waals surface area contributed by atoms with Gasteiger partial charge in [-0.15, -0.1) is 0 Å². The fourth-order valence-electron chi connectivity index (χ4n) is 2.21. The van der Waals surface area contributed by atoms with Crippen LogP contribution in [0.3, 0.4) is 0 Å². The van der Waals surface area contributed by atoms with Gasteiger partial charge in [0.15, 0.2) is 0 Å². The summed E-state index contributed by atoms with van der Waals surface area (Å²) in [5.41, 5.74) is 0. The quantitative estimate of drug-likeness (QED) is 0.785. The van der Waals surface area contributed by atoms with Crippen LogP contribution >= 0.6 is 0 Å². The van der Waals surface area contributed by atoms with Gasteiger partial charge in [-0.2, -0.15) is 0 Å². The van der Waals surface area contributed by atoms with Crippen molar-refractivity contribution in [1.82, 2.24) is 19.6 Å². The molecule has 132 valence electrons. The van der Waals surface area contributed by atoms with E-state index in [0.29, 0.717) is 0 Å². The molecule has 0 atom stereocenters. The lowest BCUT2D eigenvalue weighted by Gasteiger charge is -2.32. The van der Waals surface area contributed by atoms with E-state index >= 15 is 0 Å². The molecule has 0 radical (unpaired) electrons. The zero-order valence-corrected chi connectivity index (χ0v) is 15.8. The van der Waals surface area contributed by atoms with Crippen molar-refractivity contribution in [2.24, 2.45) is 0 Å². The molecule has 5 nitrogen and oxygen atoms in total. The Bertz CT molecular complexity index is 284. The summed E-state index contributed by atoms with van der Waals surface area (Å²) in [6.07, 6.45) is 4.89. The largest absolute Gasteiger partial charge is 0.328 e. The smallest absolute Gasteiger partial charge is 0.319 e. The Morgan fingerprint density at radius 3 is 2.00 bits per heavy atom. The fourth-order valence-corrected chi connectivity index (χ4v) is 2.21. The molecule has 0 aromatic carbocycles. The molecule has 22 heavy (non-hydrogen) atoms. The van der Waals surface area contributed by atoms with E-state index in [1.165, 1.54) is 12.8 Å². The van der Waals surface area contributed by atoms with Gasteiger partial charge >= 0.3 is 6.03 Å². The molecule has 0 bridgehead atoms. The Balaban J connectivity index is 0.000000980. The minimum atomic E-state index is 0.167. The minimum absolute atomic E-state index is 0.167. The van der Waals surface area contributed by atoms with Crippen LogP contribution in [-0.4, -0.2) is 86.2 Å². The molecule has 0 aromatic heterocycles. The zero-order valence-electron chi connectivity index (χ0n) is 15.8. The number of unbranched alkanes of at least 4 members (excludes halogenated alkanes) is 1. The van der Waals surface area contributed by atoms with Gasteiger partial charge in [0.2, 0.25) is 0 Å². The van der Waals surface area contributed by atoms with Crippen molar-refractivity contribution in [2.75, 3.05) is 60.5 Å². The Morgan fingerprint density at radius 2 is 1.45 bits per heavy atom. The predicted octanol–water partition coefficient (Wildman–Crippen LogP) is 2.78. The standard InChI is InChI=1S/C13H28N4O.C4H10/c1-5-16(4)13(18)17-9-7-6-8-14(2)12-15(3)10-11-17;1-3-4-2/h5-12H2,1-4H3;3-4H2,1-2H3. The van der Waals surface area contributed by atoms with Crippen LogP contribution in [0.5, 0.6) is 0 Å². The van der Waals surface area contributed by atoms with E-state index in [9.17, 15) is 4.79 Å². The maximum absolute atomic E-state index is 12.2. The van der Waals surface area contributed by atoms with E-state index in [1.54, 1.807) is 4.90 Å². The lowest BCUT2D eigenvalue weighted by atomic mass is 10.2. The summed E-state index contributed by atoms with van der Waals surface area (Å²) >= 11 is 0. The molecular weight excluding hydrogens is 276 g/mol. The van der Waals surface area contributed by atoms with E-state index in [2.05, 4.69) is 37.7 Å². The lowest BCUT2D eigenvalue weighted by molar-refractivity contribution is 0.130. The molecular formula is C17H38N4O. The summed E-state index contributed by atoms with van der Waals surface area (Å²) in [5.74, 6) is 0. The highest BCUT2D eigenvalue weighted by molar-refractivity contribution is 5.74. The molecule has 2 amide bonds. The second-order valence-electron chi connectivity index (χ2n) is 6.29. The van der Waals surface area contributed by atoms with Crippen molar-refractivity contribution in [3.63, 3.8) is 0 Å². The number of likely N-dealkylation sites (N-methyl/N-ethyl adjacent to an activating group) is 1. The van der Waals surface area contributed by atoms with Gasteiger partial charge in [0.1, 0.15) is 0 Å². The summed E-state index contributed by atoms with van der Waals surface area (Å²) in [4.78, 5) is 20.6. The molecule has 1 aliphatic rings. The first-order valence-electron chi connectivity index (χ1n) is 8.83. The van der Waals surface area contributed by atoms with E-state index in [4.69, 9.17) is 0 Å². The summed E-state index contributed by atoms with van der Waals surface area (Å²) in [5, 5.41) is 0. The van der Waals surface area contributed by atoms with Crippen LogP contribution in [0.2, 0.25) is 0 Å². The summed E-state index contributed by atoms with van der Waals surface area (Å²) in [6, 6.07) is 0.167. The maximum atomic E-state index is 12.2. The average molecular weight is 315 g/mol. The summed E-state index contributed by atoms with van der Waals surface area (Å²) < 4.78 is 0. The molecule has 0 aliphatic carbocycles. The van der Waals surface area contributed by atoms with Crippen LogP contribution in [0.15, 0.2) is 0 Å². The van der Waals surface area contributed by atoms with Crippen LogP contribution in [-0.2, 0) is 0 Å². The second kappa shape index (κ2) is 12.7. The number of amides is 2. The summed E-state index contributed by atoms with van der Waals surface area (Å²) in [6.45, 7) is 11.9. The number of carbonyl (C=O) groups is 1. The third-order valence-electron chi connectivity index (χ3n) is 4.02. The Morgan fingerprint density at radius 1 is 0.909 bits per heavy atom. The first kappa shape index (κ1) is 21.2. The minimum Gasteiger partial charge on any atom is -0.328 e. The average Bonchev–Trinajstić information content (AvgIpc) is 2.52. The van der Waals surface area contributed by atoms with Gasteiger partial charge < -0.3 is 9.80 Å². The molecule has 0 spiro atoms. The zero-order chi connectivity index (χ0) is 17.0. The Hall–Kier alpha value is -0.810. The number of rotatable bonds is 2. The first-order chi connectivity index (χ1) is 10.5. The number of nitrogens with zero attached hydrogens (tertiary/aromatic N) is 4. The molecule has 1 heterocycles. The van der Waals surface area contributed by atoms with Gasteiger partial charge in [0.25, 0.3) is 0 Å². The van der Waals surface area contributed by atoms with Crippen molar-refractivity contribution in [3.05, 3.63) is 0 Å². The van der Waals surface area contributed by atoms with Crippen LogP contribution in [0.4, 0.5) is 4.79 Å². The predicted molar refractivity (Wildman–Crippen MR) is 95.2 cm³/mol. The van der Waals surface area contributed by atoms with E-state index in [0.717, 1.165) is 52.2 Å². The number of urea groups is 1. The first-order valence-corrected chi connectivity index (χ1v) is 8.83. The van der Waals surface area contributed by atoms with Crippen molar-refractivity contribution in [1.29, 1.82) is 0 Å². The molecule has 0 N–H and O–H groups in total. The van der Waals surface area contributed by atoms with Crippen molar-refractivity contribution >= 4 is 6.03 Å². The highest BCUT2D eigenvalue weighted by atomic mass is 16.2. The number of hydrogen-bond acceptors (Lipinski definition) is 3. The third kappa shape index (κ3) is 9.26. The molecule has 5 heteroatoms. The summed E-state index contributed by atoms with van der Waals surface area (Å²) in [7, 11) is 6.15. The van der Waals surface area contributed by atoms with Gasteiger partial charge in [-0.3, -0.25) is 9.80 Å². The van der Waals surface area contributed by atoms with Crippen molar-refractivity contribution < 1.29 is 4.79 Å². The highest BCUT2D eigenvalue weighted by Gasteiger charge is 2.18. The molecule has 0 aromatic rings. The van der Waals surface area contributed by atoms with Gasteiger partial charge in [0.05, 0.1) is 6.67 Å². The Kier molecular flexibility index (Phi) is 12.2. The lowest BCUT2D eigenvalue weighted by Crippen LogP contribution is -2.46. The van der Waals surface area contributed by atoms with Crippen molar-refractivity contribution in [3.8, 4) is 0 Å². The molecule has 1 saturated heterocycles. The fraction of sp³-hybridized carbons (Fsp3) is 0.941. The second-order valence-corrected chi connectivity index (χ2v) is 6.29. The Labute approximate surface area is 138 Å². The maximum Gasteiger partial charge on any atom is 0.319 e. The molecule has 1 rings (SSSR count). The van der Waals surface area contributed by atoms with Gasteiger partial charge in [-0.25, -0.2) is 4.79 Å². The molecule has 1 fully saturated rings. The van der Waals surface area contributed by atoms with Crippen LogP contribution < -0.4 is 0 Å². The molecule has 1 aliphatic heterocycles. The monoisotopic (exact) mass is 314 g/mol. The van der Waals surface area contributed by atoms with E-state index in [1.807, 2.05) is 18.9 Å². The van der Waals surface area contributed by atoms with E-state index in [-0.39, 0.29) is 6.03 Å².